The van der Waals surface area contributed by atoms with E-state index in [2.05, 4.69) is 5.32 Å². The molecule has 1 amide bonds. The van der Waals surface area contributed by atoms with E-state index in [0.29, 0.717) is 36.3 Å². The summed E-state index contributed by atoms with van der Waals surface area (Å²) < 4.78 is 19.0. The van der Waals surface area contributed by atoms with Crippen molar-refractivity contribution in [2.75, 3.05) is 25.0 Å². The van der Waals surface area contributed by atoms with Crippen molar-refractivity contribution in [2.45, 2.75) is 13.3 Å². The Hall–Kier alpha value is -3.15. The summed E-state index contributed by atoms with van der Waals surface area (Å²) in [6.45, 7) is 2.66. The highest BCUT2D eigenvalue weighted by molar-refractivity contribution is 5.99. The van der Waals surface area contributed by atoms with Gasteiger partial charge in [-0.1, -0.05) is 30.3 Å². The first-order chi connectivity index (χ1) is 13.0. The van der Waals surface area contributed by atoms with Crippen LogP contribution < -0.4 is 15.8 Å². The van der Waals surface area contributed by atoms with Crippen LogP contribution in [0.5, 0.6) is 0 Å². The van der Waals surface area contributed by atoms with Crippen molar-refractivity contribution in [3.05, 3.63) is 75.9 Å². The van der Waals surface area contributed by atoms with E-state index in [1.807, 2.05) is 12.1 Å². The number of nitrogens with one attached hydrogen (secondary N) is 1. The van der Waals surface area contributed by atoms with E-state index in [9.17, 15) is 14.0 Å². The third kappa shape index (κ3) is 4.00. The number of hydrogen-bond acceptors (Lipinski definition) is 4. The Morgan fingerprint density at radius 3 is 2.63 bits per heavy atom. The summed E-state index contributed by atoms with van der Waals surface area (Å²) in [5.41, 5.74) is 0.948. The third-order valence-corrected chi connectivity index (χ3v) is 4.52. The number of carbonyl (C=O) groups excluding carboxylic acids is 1. The molecule has 3 rings (SSSR count). The first-order valence-corrected chi connectivity index (χ1v) is 8.75. The van der Waals surface area contributed by atoms with Gasteiger partial charge in [0.25, 0.3) is 5.91 Å². The van der Waals surface area contributed by atoms with Crippen molar-refractivity contribution in [3.8, 4) is 0 Å². The Kier molecular flexibility index (Phi) is 5.54. The summed E-state index contributed by atoms with van der Waals surface area (Å²) in [6, 6.07) is 13.7. The number of benzene rings is 2. The van der Waals surface area contributed by atoms with Gasteiger partial charge in [-0.3, -0.25) is 4.79 Å². The molecule has 27 heavy (non-hydrogen) atoms. The molecule has 0 aliphatic rings. The number of carbonyl (C=O) groups is 1. The fourth-order valence-electron chi connectivity index (χ4n) is 3.06. The molecule has 0 fully saturated rings. The molecule has 3 aromatic rings. The van der Waals surface area contributed by atoms with Crippen LogP contribution in [0.1, 0.15) is 22.3 Å². The van der Waals surface area contributed by atoms with Gasteiger partial charge in [-0.2, -0.15) is 0 Å². The van der Waals surface area contributed by atoms with Crippen molar-refractivity contribution >= 4 is 22.6 Å². The maximum Gasteiger partial charge on any atom is 0.349 e. The van der Waals surface area contributed by atoms with Crippen LogP contribution in [0.15, 0.2) is 57.7 Å². The minimum absolute atomic E-state index is 0.0242. The molecule has 0 aliphatic carbocycles. The second-order valence-corrected chi connectivity index (χ2v) is 6.37. The molecule has 1 heterocycles. The molecule has 1 N–H and O–H groups in total. The minimum Gasteiger partial charge on any atom is -0.422 e. The molecule has 2 aromatic carbocycles. The van der Waals surface area contributed by atoms with Crippen LogP contribution in [0.3, 0.4) is 0 Å². The maximum atomic E-state index is 13.8. The van der Waals surface area contributed by atoms with Crippen LogP contribution in [0.25, 0.3) is 11.0 Å². The summed E-state index contributed by atoms with van der Waals surface area (Å²) in [5.74, 6) is -0.742. The number of amides is 1. The first kappa shape index (κ1) is 18.6. The van der Waals surface area contributed by atoms with Crippen molar-refractivity contribution in [1.29, 1.82) is 0 Å². The van der Waals surface area contributed by atoms with Crippen LogP contribution in [0, 0.1) is 12.7 Å². The quantitative estimate of drug-likeness (QED) is 0.534. The zero-order chi connectivity index (χ0) is 19.4. The molecular formula is C21H21FN2O3. The van der Waals surface area contributed by atoms with Gasteiger partial charge in [-0.25, -0.2) is 9.18 Å². The molecule has 1 aromatic heterocycles. The van der Waals surface area contributed by atoms with Gasteiger partial charge in [0.2, 0.25) is 0 Å². The molecule has 0 saturated carbocycles. The topological polar surface area (TPSA) is 62.6 Å². The van der Waals surface area contributed by atoms with Crippen molar-refractivity contribution in [2.24, 2.45) is 0 Å². The number of fused-ring (bicyclic) bond motifs is 1. The normalized spacial score (nSPS) is 10.8. The summed E-state index contributed by atoms with van der Waals surface area (Å²) in [4.78, 5) is 26.4. The molecule has 0 unspecified atom stereocenters. The second kappa shape index (κ2) is 8.03. The van der Waals surface area contributed by atoms with E-state index in [4.69, 9.17) is 4.42 Å². The Morgan fingerprint density at radius 2 is 1.85 bits per heavy atom. The number of hydrogen-bond donors (Lipinski definition) is 1. The van der Waals surface area contributed by atoms with Gasteiger partial charge in [0, 0.05) is 25.5 Å². The van der Waals surface area contributed by atoms with Crippen molar-refractivity contribution < 1.29 is 13.6 Å². The van der Waals surface area contributed by atoms with Gasteiger partial charge >= 0.3 is 5.63 Å². The van der Waals surface area contributed by atoms with Crippen LogP contribution in [-0.2, 0) is 0 Å². The molecule has 140 valence electrons. The van der Waals surface area contributed by atoms with E-state index in [1.54, 1.807) is 49.2 Å². The second-order valence-electron chi connectivity index (χ2n) is 6.37. The van der Waals surface area contributed by atoms with Crippen LogP contribution in [0.4, 0.5) is 10.1 Å². The Balaban J connectivity index is 1.63. The zero-order valence-corrected chi connectivity index (χ0v) is 15.3. The molecule has 0 aliphatic heterocycles. The highest BCUT2D eigenvalue weighted by Crippen LogP contribution is 2.19. The molecule has 0 spiro atoms. The highest BCUT2D eigenvalue weighted by Gasteiger charge is 2.18. The molecule has 0 bridgehead atoms. The largest absolute Gasteiger partial charge is 0.422 e. The third-order valence-electron chi connectivity index (χ3n) is 4.52. The number of anilines is 1. The summed E-state index contributed by atoms with van der Waals surface area (Å²) in [7, 11) is 1.79. The van der Waals surface area contributed by atoms with Gasteiger partial charge in [-0.15, -0.1) is 0 Å². The van der Waals surface area contributed by atoms with E-state index < -0.39 is 11.5 Å². The molecule has 0 saturated heterocycles. The smallest absolute Gasteiger partial charge is 0.349 e. The fraction of sp³-hybridized carbons (Fsp3) is 0.238. The van der Waals surface area contributed by atoms with Gasteiger partial charge in [-0.05, 0) is 37.1 Å². The van der Waals surface area contributed by atoms with E-state index in [1.165, 1.54) is 6.07 Å². The predicted octanol–water partition coefficient (Wildman–Crippen LogP) is 3.50. The van der Waals surface area contributed by atoms with Gasteiger partial charge in [0.1, 0.15) is 17.0 Å². The lowest BCUT2D eigenvalue weighted by molar-refractivity contribution is 0.0949. The summed E-state index contributed by atoms with van der Waals surface area (Å²) in [5, 5.41) is 3.48. The lowest BCUT2D eigenvalue weighted by Crippen LogP contribution is -2.32. The Labute approximate surface area is 156 Å². The van der Waals surface area contributed by atoms with E-state index >= 15 is 0 Å². The fourth-order valence-corrected chi connectivity index (χ4v) is 3.06. The van der Waals surface area contributed by atoms with Crippen molar-refractivity contribution in [3.63, 3.8) is 0 Å². The number of para-hydroxylation sites is 2. The standard InChI is InChI=1S/C21H21FN2O3/c1-14-15-8-3-6-11-18(15)27-21(26)19(14)20(25)23-12-7-13-24(2)17-10-5-4-9-16(17)22/h3-6,8-11H,7,12-13H2,1-2H3,(H,23,25). The van der Waals surface area contributed by atoms with Crippen LogP contribution in [-0.4, -0.2) is 26.0 Å². The van der Waals surface area contributed by atoms with Crippen LogP contribution in [0.2, 0.25) is 0 Å². The summed E-state index contributed by atoms with van der Waals surface area (Å²) >= 11 is 0. The van der Waals surface area contributed by atoms with Gasteiger partial charge in [0.05, 0.1) is 5.69 Å². The minimum atomic E-state index is -0.646. The molecular weight excluding hydrogens is 347 g/mol. The SMILES string of the molecule is Cc1c(C(=O)NCCCN(C)c2ccccc2F)c(=O)oc2ccccc12. The molecule has 0 atom stereocenters. The summed E-state index contributed by atoms with van der Waals surface area (Å²) in [6.07, 6.45) is 0.606. The number of halogens is 1. The van der Waals surface area contributed by atoms with Gasteiger partial charge in [0.15, 0.2) is 0 Å². The van der Waals surface area contributed by atoms with Gasteiger partial charge < -0.3 is 14.6 Å². The average molecular weight is 368 g/mol. The lowest BCUT2D eigenvalue weighted by Gasteiger charge is -2.19. The monoisotopic (exact) mass is 368 g/mol. The highest BCUT2D eigenvalue weighted by atomic mass is 19.1. The Bertz CT molecular complexity index is 1030. The predicted molar refractivity (Wildman–Crippen MR) is 104 cm³/mol. The van der Waals surface area contributed by atoms with Crippen molar-refractivity contribution in [1.82, 2.24) is 5.32 Å². The van der Waals surface area contributed by atoms with E-state index in [-0.39, 0.29) is 11.4 Å². The molecule has 0 radical (unpaired) electrons. The molecule has 5 nitrogen and oxygen atoms in total. The lowest BCUT2D eigenvalue weighted by atomic mass is 10.1. The molecule has 6 heteroatoms. The number of nitrogens with zero attached hydrogens (tertiary/aromatic N) is 1. The Morgan fingerprint density at radius 1 is 1.15 bits per heavy atom. The first-order valence-electron chi connectivity index (χ1n) is 8.75. The average Bonchev–Trinajstić information content (AvgIpc) is 2.65. The van der Waals surface area contributed by atoms with Crippen LogP contribution >= 0.6 is 0 Å². The zero-order valence-electron chi connectivity index (χ0n) is 15.3. The number of aryl methyl sites for hydroxylation is 1. The number of rotatable bonds is 6. The maximum absolute atomic E-state index is 13.8. The van der Waals surface area contributed by atoms with E-state index in [0.717, 1.165) is 5.39 Å².